The molecule has 0 saturated heterocycles. The molecular formula is C14H11ClF2N2O2. The van der Waals surface area contributed by atoms with Gasteiger partial charge in [0.2, 0.25) is 0 Å². The average Bonchev–Trinajstić information content (AvgIpc) is 2.43. The number of methoxy groups -OCH3 is 1. The number of hydrogen-bond donors (Lipinski definition) is 2. The van der Waals surface area contributed by atoms with Gasteiger partial charge in [0.1, 0.15) is 17.4 Å². The molecule has 2 rings (SSSR count). The quantitative estimate of drug-likeness (QED) is 0.889. The number of carbonyl (C=O) groups excluding carboxylic acids is 1. The molecule has 0 bridgehead atoms. The number of rotatable bonds is 3. The van der Waals surface area contributed by atoms with Gasteiger partial charge in [0.15, 0.2) is 0 Å². The maximum Gasteiger partial charge on any atom is 0.323 e. The zero-order chi connectivity index (χ0) is 15.4. The van der Waals surface area contributed by atoms with Gasteiger partial charge in [-0.25, -0.2) is 13.6 Å². The van der Waals surface area contributed by atoms with Crippen molar-refractivity contribution < 1.29 is 18.3 Å². The first-order valence-electron chi connectivity index (χ1n) is 5.86. The van der Waals surface area contributed by atoms with Crippen LogP contribution in [0, 0.1) is 11.6 Å². The number of anilines is 2. The van der Waals surface area contributed by atoms with Crippen molar-refractivity contribution in [2.45, 2.75) is 0 Å². The van der Waals surface area contributed by atoms with E-state index in [1.54, 1.807) is 12.1 Å². The highest BCUT2D eigenvalue weighted by Crippen LogP contribution is 2.27. The summed E-state index contributed by atoms with van der Waals surface area (Å²) < 4.78 is 31.5. The topological polar surface area (TPSA) is 50.4 Å². The highest BCUT2D eigenvalue weighted by molar-refractivity contribution is 6.31. The summed E-state index contributed by atoms with van der Waals surface area (Å²) in [5.41, 5.74) is 0.0350. The SMILES string of the molecule is COc1ccc(Cl)cc1NC(=O)Nc1cc(F)ccc1F. The lowest BCUT2D eigenvalue weighted by Gasteiger charge is -2.12. The van der Waals surface area contributed by atoms with E-state index >= 15 is 0 Å². The van der Waals surface area contributed by atoms with Crippen molar-refractivity contribution in [3.8, 4) is 5.75 Å². The molecule has 2 aromatic rings. The molecule has 0 unspecified atom stereocenters. The Morgan fingerprint density at radius 3 is 2.52 bits per heavy atom. The summed E-state index contributed by atoms with van der Waals surface area (Å²) in [6, 6.07) is 6.64. The largest absolute Gasteiger partial charge is 0.495 e. The Kier molecular flexibility index (Phi) is 4.59. The van der Waals surface area contributed by atoms with E-state index in [0.29, 0.717) is 16.5 Å². The predicted molar refractivity (Wildman–Crippen MR) is 77.0 cm³/mol. The van der Waals surface area contributed by atoms with E-state index in [9.17, 15) is 13.6 Å². The van der Waals surface area contributed by atoms with Crippen LogP contribution in [0.1, 0.15) is 0 Å². The Hall–Kier alpha value is -2.34. The molecule has 0 aliphatic rings. The first kappa shape index (κ1) is 15.1. The summed E-state index contributed by atoms with van der Waals surface area (Å²) in [4.78, 5) is 11.8. The molecule has 0 spiro atoms. The number of hydrogen-bond acceptors (Lipinski definition) is 2. The van der Waals surface area contributed by atoms with Crippen molar-refractivity contribution in [1.82, 2.24) is 0 Å². The Balaban J connectivity index is 2.15. The normalized spacial score (nSPS) is 10.1. The molecule has 2 N–H and O–H groups in total. The molecule has 0 aromatic heterocycles. The van der Waals surface area contributed by atoms with Gasteiger partial charge < -0.3 is 15.4 Å². The fourth-order valence-corrected chi connectivity index (χ4v) is 1.82. The van der Waals surface area contributed by atoms with Gasteiger partial charge in [-0.15, -0.1) is 0 Å². The molecule has 0 radical (unpaired) electrons. The van der Waals surface area contributed by atoms with Crippen LogP contribution in [0.15, 0.2) is 36.4 Å². The highest BCUT2D eigenvalue weighted by atomic mass is 35.5. The minimum absolute atomic E-state index is 0.270. The molecule has 0 fully saturated rings. The fraction of sp³-hybridized carbons (Fsp3) is 0.0714. The lowest BCUT2D eigenvalue weighted by Crippen LogP contribution is -2.20. The second-order valence-electron chi connectivity index (χ2n) is 4.05. The van der Waals surface area contributed by atoms with E-state index < -0.39 is 17.7 Å². The van der Waals surface area contributed by atoms with E-state index in [2.05, 4.69) is 10.6 Å². The standard InChI is InChI=1S/C14H11ClF2N2O2/c1-21-13-5-2-8(15)6-12(13)19-14(20)18-11-7-9(16)3-4-10(11)17/h2-7H,1H3,(H2,18,19,20). The van der Waals surface area contributed by atoms with Crippen molar-refractivity contribution in [2.75, 3.05) is 17.7 Å². The lowest BCUT2D eigenvalue weighted by atomic mass is 10.3. The number of amides is 2. The molecule has 0 aliphatic carbocycles. The van der Waals surface area contributed by atoms with Crippen molar-refractivity contribution >= 4 is 29.0 Å². The van der Waals surface area contributed by atoms with Crippen LogP contribution >= 0.6 is 11.6 Å². The number of nitrogens with one attached hydrogen (secondary N) is 2. The summed E-state index contributed by atoms with van der Waals surface area (Å²) >= 11 is 5.83. The van der Waals surface area contributed by atoms with Gasteiger partial charge in [-0.05, 0) is 30.3 Å². The van der Waals surface area contributed by atoms with Crippen LogP contribution in [-0.4, -0.2) is 13.1 Å². The van der Waals surface area contributed by atoms with Crippen molar-refractivity contribution in [3.05, 3.63) is 53.1 Å². The van der Waals surface area contributed by atoms with Crippen LogP contribution in [0.3, 0.4) is 0 Å². The maximum absolute atomic E-state index is 13.4. The van der Waals surface area contributed by atoms with Gasteiger partial charge in [0, 0.05) is 11.1 Å². The van der Waals surface area contributed by atoms with Gasteiger partial charge >= 0.3 is 6.03 Å². The lowest BCUT2D eigenvalue weighted by molar-refractivity contribution is 0.262. The number of urea groups is 1. The summed E-state index contributed by atoms with van der Waals surface area (Å²) in [5, 5.41) is 5.05. The summed E-state index contributed by atoms with van der Waals surface area (Å²) in [7, 11) is 1.43. The third-order valence-corrected chi connectivity index (χ3v) is 2.82. The molecule has 110 valence electrons. The predicted octanol–water partition coefficient (Wildman–Crippen LogP) is 4.27. The van der Waals surface area contributed by atoms with Crippen LogP contribution in [0.5, 0.6) is 5.75 Å². The Labute approximate surface area is 124 Å². The van der Waals surface area contributed by atoms with Crippen LogP contribution in [-0.2, 0) is 0 Å². The van der Waals surface area contributed by atoms with Crippen LogP contribution in [0.4, 0.5) is 25.0 Å². The van der Waals surface area contributed by atoms with Crippen molar-refractivity contribution in [3.63, 3.8) is 0 Å². The van der Waals surface area contributed by atoms with E-state index in [1.165, 1.54) is 13.2 Å². The molecule has 21 heavy (non-hydrogen) atoms. The van der Waals surface area contributed by atoms with Gasteiger partial charge in [-0.1, -0.05) is 11.6 Å². The van der Waals surface area contributed by atoms with Crippen LogP contribution < -0.4 is 15.4 Å². The molecule has 0 aliphatic heterocycles. The van der Waals surface area contributed by atoms with E-state index in [-0.39, 0.29) is 5.69 Å². The number of benzene rings is 2. The Bertz CT molecular complexity index is 680. The summed E-state index contributed by atoms with van der Waals surface area (Å²) in [5.74, 6) is -1.02. The third-order valence-electron chi connectivity index (χ3n) is 2.59. The van der Waals surface area contributed by atoms with Crippen molar-refractivity contribution in [1.29, 1.82) is 0 Å². The molecule has 4 nitrogen and oxygen atoms in total. The monoisotopic (exact) mass is 312 g/mol. The molecule has 0 atom stereocenters. The van der Waals surface area contributed by atoms with Gasteiger partial charge in [-0.3, -0.25) is 0 Å². The zero-order valence-electron chi connectivity index (χ0n) is 10.9. The fourth-order valence-electron chi connectivity index (χ4n) is 1.65. The van der Waals surface area contributed by atoms with E-state index in [4.69, 9.17) is 16.3 Å². The first-order valence-corrected chi connectivity index (χ1v) is 6.24. The number of ether oxygens (including phenoxy) is 1. The highest BCUT2D eigenvalue weighted by Gasteiger charge is 2.11. The third kappa shape index (κ3) is 3.82. The second-order valence-corrected chi connectivity index (χ2v) is 4.48. The van der Waals surface area contributed by atoms with E-state index in [0.717, 1.165) is 18.2 Å². The van der Waals surface area contributed by atoms with Gasteiger partial charge in [-0.2, -0.15) is 0 Å². The minimum Gasteiger partial charge on any atom is -0.495 e. The first-order chi connectivity index (χ1) is 9.99. The zero-order valence-corrected chi connectivity index (χ0v) is 11.7. The molecule has 7 heteroatoms. The van der Waals surface area contributed by atoms with Crippen LogP contribution in [0.25, 0.3) is 0 Å². The van der Waals surface area contributed by atoms with E-state index in [1.807, 2.05) is 0 Å². The van der Waals surface area contributed by atoms with Crippen molar-refractivity contribution in [2.24, 2.45) is 0 Å². The van der Waals surface area contributed by atoms with Gasteiger partial charge in [0.05, 0.1) is 18.5 Å². The maximum atomic E-state index is 13.4. The Morgan fingerprint density at radius 2 is 1.81 bits per heavy atom. The summed E-state index contributed by atoms with van der Waals surface area (Å²) in [6.07, 6.45) is 0. The molecular weight excluding hydrogens is 302 g/mol. The molecule has 0 saturated carbocycles. The summed E-state index contributed by atoms with van der Waals surface area (Å²) in [6.45, 7) is 0. The molecule has 0 heterocycles. The number of halogens is 3. The smallest absolute Gasteiger partial charge is 0.323 e. The molecule has 2 amide bonds. The Morgan fingerprint density at radius 1 is 1.10 bits per heavy atom. The second kappa shape index (κ2) is 6.41. The minimum atomic E-state index is -0.750. The average molecular weight is 313 g/mol. The van der Waals surface area contributed by atoms with Crippen LogP contribution in [0.2, 0.25) is 5.02 Å². The number of carbonyl (C=O) groups is 1. The van der Waals surface area contributed by atoms with Gasteiger partial charge in [0.25, 0.3) is 0 Å². The molecule has 2 aromatic carbocycles.